The first kappa shape index (κ1) is 23.3. The second-order valence-corrected chi connectivity index (χ2v) is 9.82. The molecule has 0 N–H and O–H groups in total. The SMILES string of the molecule is CC(C)COCc1cc(C(C)(C)C)cc(COCC(C)C)c1S(F)(F)F. The molecule has 0 aromatic heterocycles. The van der Waals surface area contributed by atoms with Crippen molar-refractivity contribution in [2.75, 3.05) is 13.2 Å². The normalized spacial score (nSPS) is 13.7. The van der Waals surface area contributed by atoms with Crippen LogP contribution >= 0.6 is 11.2 Å². The minimum Gasteiger partial charge on any atom is -0.376 e. The molecule has 26 heavy (non-hydrogen) atoms. The van der Waals surface area contributed by atoms with Gasteiger partial charge in [0.2, 0.25) is 11.2 Å². The topological polar surface area (TPSA) is 18.5 Å². The summed E-state index contributed by atoms with van der Waals surface area (Å²) < 4.78 is 52.8. The van der Waals surface area contributed by atoms with Gasteiger partial charge in [-0.1, -0.05) is 60.6 Å². The molecule has 6 heteroatoms. The second-order valence-electron chi connectivity index (χ2n) is 8.60. The third-order valence-electron chi connectivity index (χ3n) is 3.76. The third-order valence-corrected chi connectivity index (χ3v) is 4.75. The summed E-state index contributed by atoms with van der Waals surface area (Å²) >= 11 is -5.39. The Hall–Kier alpha value is -0.720. The van der Waals surface area contributed by atoms with E-state index in [1.807, 2.05) is 48.5 Å². The monoisotopic (exact) mass is 394 g/mol. The molecule has 0 saturated heterocycles. The predicted octanol–water partition coefficient (Wildman–Crippen LogP) is 7.15. The van der Waals surface area contributed by atoms with Crippen LogP contribution in [0.4, 0.5) is 11.7 Å². The van der Waals surface area contributed by atoms with E-state index in [-0.39, 0.29) is 41.6 Å². The van der Waals surface area contributed by atoms with Crippen molar-refractivity contribution < 1.29 is 21.1 Å². The van der Waals surface area contributed by atoms with Gasteiger partial charge >= 0.3 is 0 Å². The molecule has 0 aliphatic heterocycles. The average Bonchev–Trinajstić information content (AvgIpc) is 2.43. The van der Waals surface area contributed by atoms with Gasteiger partial charge in [-0.2, -0.15) is 0 Å². The van der Waals surface area contributed by atoms with Gasteiger partial charge in [0.15, 0.2) is 0 Å². The quantitative estimate of drug-likeness (QED) is 0.443. The summed E-state index contributed by atoms with van der Waals surface area (Å²) in [5, 5.41) is 0. The number of halogens is 3. The smallest absolute Gasteiger partial charge is 0.238 e. The van der Waals surface area contributed by atoms with Crippen LogP contribution in [0, 0.1) is 11.8 Å². The van der Waals surface area contributed by atoms with Crippen molar-refractivity contribution in [3.63, 3.8) is 0 Å². The van der Waals surface area contributed by atoms with Crippen LogP contribution in [0.5, 0.6) is 0 Å². The maximum Gasteiger partial charge on any atom is 0.238 e. The Labute approximate surface area is 158 Å². The summed E-state index contributed by atoms with van der Waals surface area (Å²) in [5.74, 6) is 0.549. The van der Waals surface area contributed by atoms with Gasteiger partial charge in [0, 0.05) is 13.2 Å². The van der Waals surface area contributed by atoms with Crippen LogP contribution in [0.3, 0.4) is 0 Å². The zero-order chi connectivity index (χ0) is 20.1. The van der Waals surface area contributed by atoms with Gasteiger partial charge in [0.1, 0.15) is 0 Å². The van der Waals surface area contributed by atoms with Crippen LogP contribution < -0.4 is 0 Å². The summed E-state index contributed by atoms with van der Waals surface area (Å²) in [6.07, 6.45) is 0. The van der Waals surface area contributed by atoms with E-state index in [4.69, 9.17) is 9.47 Å². The zero-order valence-corrected chi connectivity index (χ0v) is 17.8. The first-order valence-electron chi connectivity index (χ1n) is 9.06. The molecule has 0 saturated carbocycles. The largest absolute Gasteiger partial charge is 0.376 e. The molecular formula is C20H33F3O2S. The Kier molecular flexibility index (Phi) is 8.49. The van der Waals surface area contributed by atoms with Crippen LogP contribution in [-0.4, -0.2) is 13.2 Å². The highest BCUT2D eigenvalue weighted by atomic mass is 32.3. The highest BCUT2D eigenvalue weighted by Gasteiger charge is 2.33. The average molecular weight is 395 g/mol. The van der Waals surface area contributed by atoms with E-state index in [9.17, 15) is 11.7 Å². The fourth-order valence-corrected chi connectivity index (χ4v) is 3.34. The predicted molar refractivity (Wildman–Crippen MR) is 103 cm³/mol. The molecule has 152 valence electrons. The Morgan fingerprint density at radius 3 is 1.50 bits per heavy atom. The maximum absolute atomic E-state index is 13.9. The number of ether oxygens (including phenoxy) is 2. The van der Waals surface area contributed by atoms with Crippen LogP contribution in [0.15, 0.2) is 17.0 Å². The molecule has 0 aliphatic carbocycles. The van der Waals surface area contributed by atoms with E-state index in [0.29, 0.717) is 13.2 Å². The lowest BCUT2D eigenvalue weighted by Crippen LogP contribution is -2.15. The first-order valence-corrected chi connectivity index (χ1v) is 10.4. The van der Waals surface area contributed by atoms with Gasteiger partial charge in [-0.15, -0.1) is 11.7 Å². The van der Waals surface area contributed by atoms with E-state index in [0.717, 1.165) is 5.56 Å². The molecule has 0 bridgehead atoms. The van der Waals surface area contributed by atoms with Crippen LogP contribution in [0.25, 0.3) is 0 Å². The minimum absolute atomic E-state index is 0.0267. The molecule has 1 aromatic rings. The van der Waals surface area contributed by atoms with E-state index < -0.39 is 16.1 Å². The number of hydrogen-bond acceptors (Lipinski definition) is 2. The number of hydrogen-bond donors (Lipinski definition) is 0. The maximum atomic E-state index is 13.9. The van der Waals surface area contributed by atoms with Gasteiger partial charge in [0.05, 0.1) is 18.1 Å². The lowest BCUT2D eigenvalue weighted by Gasteiger charge is -2.26. The highest BCUT2D eigenvalue weighted by molar-refractivity contribution is 8.21. The fraction of sp³-hybridized carbons (Fsp3) is 0.700. The van der Waals surface area contributed by atoms with Gasteiger partial charge in [-0.3, -0.25) is 0 Å². The molecule has 1 rings (SSSR count). The van der Waals surface area contributed by atoms with Crippen LogP contribution in [-0.2, 0) is 28.1 Å². The Bertz CT molecular complexity index is 540. The van der Waals surface area contributed by atoms with Crippen molar-refractivity contribution in [1.82, 2.24) is 0 Å². The van der Waals surface area contributed by atoms with Gasteiger partial charge in [-0.05, 0) is 33.9 Å². The molecule has 0 spiro atoms. The van der Waals surface area contributed by atoms with Crippen molar-refractivity contribution in [2.45, 2.75) is 72.0 Å². The molecule has 0 aliphatic rings. The Morgan fingerprint density at radius 2 is 1.23 bits per heavy atom. The number of rotatable bonds is 9. The third kappa shape index (κ3) is 7.49. The van der Waals surface area contributed by atoms with Crippen LogP contribution in [0.2, 0.25) is 0 Å². The molecule has 0 unspecified atom stereocenters. The van der Waals surface area contributed by atoms with E-state index >= 15 is 0 Å². The lowest BCUT2D eigenvalue weighted by molar-refractivity contribution is 0.0903. The van der Waals surface area contributed by atoms with Gasteiger partial charge in [0.25, 0.3) is 0 Å². The molecule has 0 fully saturated rings. The molecule has 1 aromatic carbocycles. The molecule has 0 amide bonds. The molecule has 2 nitrogen and oxygen atoms in total. The van der Waals surface area contributed by atoms with Crippen LogP contribution in [0.1, 0.15) is 65.2 Å². The summed E-state index contributed by atoms with van der Waals surface area (Å²) in [4.78, 5) is -0.530. The Balaban J connectivity index is 3.32. The summed E-state index contributed by atoms with van der Waals surface area (Å²) in [5.41, 5.74) is 1.07. The van der Waals surface area contributed by atoms with E-state index in [1.165, 1.54) is 0 Å². The molecule has 0 radical (unpaired) electrons. The van der Waals surface area contributed by atoms with Gasteiger partial charge < -0.3 is 9.47 Å². The van der Waals surface area contributed by atoms with E-state index in [1.54, 1.807) is 12.1 Å². The minimum atomic E-state index is -5.39. The zero-order valence-electron chi connectivity index (χ0n) is 17.0. The fourth-order valence-electron chi connectivity index (χ4n) is 2.51. The van der Waals surface area contributed by atoms with Gasteiger partial charge in [-0.25, -0.2) is 0 Å². The number of benzene rings is 1. The van der Waals surface area contributed by atoms with Crippen molar-refractivity contribution in [1.29, 1.82) is 0 Å². The van der Waals surface area contributed by atoms with Crippen molar-refractivity contribution in [3.8, 4) is 0 Å². The summed E-state index contributed by atoms with van der Waals surface area (Å²) in [7, 11) is 0. The Morgan fingerprint density at radius 1 is 0.846 bits per heavy atom. The molecular weight excluding hydrogens is 361 g/mol. The lowest BCUT2D eigenvalue weighted by atomic mass is 9.85. The summed E-state index contributed by atoms with van der Waals surface area (Å²) in [6.45, 7) is 14.7. The standard InChI is InChI=1S/C20H33F3O2S/c1-14(2)10-24-12-16-8-18(20(5,6)7)9-17(13-25-11-15(3)4)19(16)26(21,22)23/h8-9,14-15H,10-13H2,1-7H3. The molecule has 0 atom stereocenters. The molecule has 0 heterocycles. The second kappa shape index (κ2) is 9.47. The van der Waals surface area contributed by atoms with Crippen molar-refractivity contribution >= 4 is 11.2 Å². The summed E-state index contributed by atoms with van der Waals surface area (Å²) in [6, 6.07) is 3.31. The first-order chi connectivity index (χ1) is 11.8. The van der Waals surface area contributed by atoms with Crippen molar-refractivity contribution in [2.24, 2.45) is 11.8 Å². The van der Waals surface area contributed by atoms with Crippen molar-refractivity contribution in [3.05, 3.63) is 28.8 Å². The highest BCUT2D eigenvalue weighted by Crippen LogP contribution is 2.63. The van der Waals surface area contributed by atoms with E-state index in [2.05, 4.69) is 0 Å².